The van der Waals surface area contributed by atoms with Gasteiger partial charge in [0.05, 0.1) is 17.5 Å². The van der Waals surface area contributed by atoms with Gasteiger partial charge in [0.15, 0.2) is 0 Å². The van der Waals surface area contributed by atoms with Crippen LogP contribution in [0.3, 0.4) is 0 Å². The van der Waals surface area contributed by atoms with E-state index >= 15 is 0 Å². The van der Waals surface area contributed by atoms with E-state index in [1.54, 1.807) is 0 Å². The quantitative estimate of drug-likeness (QED) is 0.669. The Morgan fingerprint density at radius 1 is 1.26 bits per heavy atom. The Kier molecular flexibility index (Phi) is 6.53. The largest absolute Gasteiger partial charge is 0.393 e. The maximum Gasteiger partial charge on any atom is 0.129 e. The van der Waals surface area contributed by atoms with Crippen LogP contribution in [0.1, 0.15) is 0 Å². The fourth-order valence-corrected chi connectivity index (χ4v) is 4.29. The topological polar surface area (TPSA) is 70.9 Å². The normalized spacial score (nSPS) is 21.8. The summed E-state index contributed by atoms with van der Waals surface area (Å²) >= 11 is 6.12. The Balaban J connectivity index is 1.43. The second-order valence-corrected chi connectivity index (χ2v) is 8.24. The number of hydrogen-bond donors (Lipinski definition) is 2. The fourth-order valence-electron chi connectivity index (χ4n) is 4.12. The first-order valence-electron chi connectivity index (χ1n) is 10.5. The summed E-state index contributed by atoms with van der Waals surface area (Å²) < 4.78 is 0. The predicted octanol–water partition coefficient (Wildman–Crippen LogP) is 2.62. The molecule has 0 aliphatic carbocycles. The number of aromatic nitrogens is 1. The summed E-state index contributed by atoms with van der Waals surface area (Å²) in [5, 5.41) is 12.4. The second-order valence-electron chi connectivity index (χ2n) is 7.85. The molecule has 1 aromatic heterocycles. The molecule has 3 aliphatic heterocycles. The maximum absolute atomic E-state index is 8.84. The van der Waals surface area contributed by atoms with Gasteiger partial charge in [-0.1, -0.05) is 17.7 Å². The lowest BCUT2D eigenvalue weighted by Crippen LogP contribution is -2.48. The van der Waals surface area contributed by atoms with E-state index in [1.807, 2.05) is 63.0 Å². The smallest absolute Gasteiger partial charge is 0.129 e. The molecule has 162 valence electrons. The number of aliphatic imine (C=N–C) groups is 1. The number of likely N-dealkylation sites (N-methyl/N-ethyl adjacent to an activating group) is 1. The van der Waals surface area contributed by atoms with Crippen LogP contribution < -0.4 is 10.2 Å². The highest BCUT2D eigenvalue weighted by Gasteiger charge is 2.26. The van der Waals surface area contributed by atoms with Crippen molar-refractivity contribution in [1.29, 1.82) is 5.41 Å². The highest BCUT2D eigenvalue weighted by atomic mass is 35.5. The van der Waals surface area contributed by atoms with Crippen LogP contribution in [0.25, 0.3) is 0 Å². The van der Waals surface area contributed by atoms with Gasteiger partial charge in [0.2, 0.25) is 0 Å². The Bertz CT molecular complexity index is 969. The van der Waals surface area contributed by atoms with Gasteiger partial charge in [-0.3, -0.25) is 9.88 Å². The molecule has 1 fully saturated rings. The minimum atomic E-state index is 0.0810. The standard InChI is InChI=1S/C23H28ClN7/c1-26-14-19(17-13-21-22(29(2)15-17)3-4-23(24)28-21)20(25)16-30-9-11-31(12-10-30)18-5-7-27-8-6-18/h3-8,13-15,22,25-26H,9-12,16H2,1-2H3/b19-14-,25-20?. The van der Waals surface area contributed by atoms with Gasteiger partial charge in [0.1, 0.15) is 5.17 Å². The van der Waals surface area contributed by atoms with Crippen LogP contribution in [0.15, 0.2) is 77.0 Å². The lowest BCUT2D eigenvalue weighted by Gasteiger charge is -2.36. The van der Waals surface area contributed by atoms with Crippen molar-refractivity contribution in [3.05, 3.63) is 72.0 Å². The zero-order valence-corrected chi connectivity index (χ0v) is 18.7. The minimum Gasteiger partial charge on any atom is -0.393 e. The number of halogens is 1. The first-order chi connectivity index (χ1) is 15.0. The van der Waals surface area contributed by atoms with Crippen molar-refractivity contribution in [2.75, 3.05) is 51.7 Å². The van der Waals surface area contributed by atoms with Gasteiger partial charge in [-0.15, -0.1) is 0 Å². The van der Waals surface area contributed by atoms with Gasteiger partial charge in [-0.05, 0) is 24.3 Å². The van der Waals surface area contributed by atoms with Gasteiger partial charge in [0.25, 0.3) is 0 Å². The Morgan fingerprint density at radius 3 is 2.71 bits per heavy atom. The third kappa shape index (κ3) is 4.89. The van der Waals surface area contributed by atoms with E-state index in [0.717, 1.165) is 43.0 Å². The molecule has 4 rings (SSSR count). The summed E-state index contributed by atoms with van der Waals surface area (Å²) in [7, 11) is 3.89. The summed E-state index contributed by atoms with van der Waals surface area (Å²) in [6.45, 7) is 4.34. The predicted molar refractivity (Wildman–Crippen MR) is 128 cm³/mol. The number of fused-ring (bicyclic) bond motifs is 1. The molecule has 0 aromatic carbocycles. The maximum atomic E-state index is 8.84. The molecule has 2 N–H and O–H groups in total. The number of nitrogens with zero attached hydrogens (tertiary/aromatic N) is 5. The number of nitrogens with one attached hydrogen (secondary N) is 2. The van der Waals surface area contributed by atoms with Gasteiger partial charge >= 0.3 is 0 Å². The van der Waals surface area contributed by atoms with E-state index in [1.165, 1.54) is 5.69 Å². The van der Waals surface area contributed by atoms with Gasteiger partial charge < -0.3 is 20.5 Å². The van der Waals surface area contributed by atoms with E-state index in [-0.39, 0.29) is 6.04 Å². The van der Waals surface area contributed by atoms with Crippen molar-refractivity contribution in [3.63, 3.8) is 0 Å². The molecule has 1 atom stereocenters. The molecule has 8 heteroatoms. The molecule has 1 aromatic rings. The average Bonchev–Trinajstić information content (AvgIpc) is 2.78. The zero-order chi connectivity index (χ0) is 21.8. The van der Waals surface area contributed by atoms with Crippen LogP contribution in [-0.4, -0.2) is 78.5 Å². The summed E-state index contributed by atoms with van der Waals surface area (Å²) in [6, 6.07) is 4.18. The SMILES string of the molecule is CN/C=C(\C(=N)CN1CCN(c2ccncc2)CC1)C1=CN(C)C2C=CC(Cl)=NC2=C1. The molecule has 31 heavy (non-hydrogen) atoms. The second kappa shape index (κ2) is 9.49. The first kappa shape index (κ1) is 21.3. The van der Waals surface area contributed by atoms with Crippen molar-refractivity contribution in [1.82, 2.24) is 20.1 Å². The number of piperazine rings is 1. The van der Waals surface area contributed by atoms with Crippen molar-refractivity contribution in [2.24, 2.45) is 4.99 Å². The molecular formula is C23H28ClN7. The molecule has 0 radical (unpaired) electrons. The number of anilines is 1. The third-order valence-electron chi connectivity index (χ3n) is 5.75. The third-order valence-corrected chi connectivity index (χ3v) is 5.96. The van der Waals surface area contributed by atoms with Crippen molar-refractivity contribution < 1.29 is 0 Å². The van der Waals surface area contributed by atoms with E-state index in [9.17, 15) is 0 Å². The van der Waals surface area contributed by atoms with Crippen LogP contribution >= 0.6 is 11.6 Å². The summed E-state index contributed by atoms with van der Waals surface area (Å²) in [6.07, 6.45) is 13.6. The van der Waals surface area contributed by atoms with Crippen LogP contribution in [0, 0.1) is 5.41 Å². The minimum absolute atomic E-state index is 0.0810. The Labute approximate surface area is 188 Å². The fraction of sp³-hybridized carbons (Fsp3) is 0.348. The highest BCUT2D eigenvalue weighted by Crippen LogP contribution is 2.28. The molecule has 1 saturated heterocycles. The van der Waals surface area contributed by atoms with Crippen LogP contribution in [0.5, 0.6) is 0 Å². The van der Waals surface area contributed by atoms with Crippen molar-refractivity contribution >= 4 is 28.2 Å². The van der Waals surface area contributed by atoms with Crippen LogP contribution in [0.4, 0.5) is 5.69 Å². The molecule has 7 nitrogen and oxygen atoms in total. The molecular weight excluding hydrogens is 410 g/mol. The number of hydrogen-bond acceptors (Lipinski definition) is 7. The first-order valence-corrected chi connectivity index (χ1v) is 10.8. The van der Waals surface area contributed by atoms with Gasteiger partial charge in [-0.2, -0.15) is 0 Å². The average molecular weight is 438 g/mol. The highest BCUT2D eigenvalue weighted by molar-refractivity contribution is 6.68. The lowest BCUT2D eigenvalue weighted by molar-refractivity contribution is 0.291. The Hall–Kier alpha value is -2.90. The zero-order valence-electron chi connectivity index (χ0n) is 17.9. The molecule has 0 bridgehead atoms. The molecule has 3 aliphatic rings. The monoisotopic (exact) mass is 437 g/mol. The van der Waals surface area contributed by atoms with Gasteiger partial charge in [-0.25, -0.2) is 4.99 Å². The van der Waals surface area contributed by atoms with Gasteiger partial charge in [0, 0.05) is 88.4 Å². The molecule has 1 unspecified atom stereocenters. The molecule has 0 saturated carbocycles. The molecule has 4 heterocycles. The van der Waals surface area contributed by atoms with Crippen molar-refractivity contribution in [2.45, 2.75) is 6.04 Å². The number of pyridine rings is 1. The summed E-state index contributed by atoms with van der Waals surface area (Å²) in [4.78, 5) is 15.4. The number of allylic oxidation sites excluding steroid dienone is 3. The molecule has 0 amide bonds. The van der Waals surface area contributed by atoms with E-state index in [2.05, 4.69) is 36.2 Å². The van der Waals surface area contributed by atoms with E-state index in [4.69, 9.17) is 17.0 Å². The Morgan fingerprint density at radius 2 is 2.00 bits per heavy atom. The number of rotatable bonds is 6. The summed E-state index contributed by atoms with van der Waals surface area (Å²) in [5.74, 6) is 0. The lowest BCUT2D eigenvalue weighted by atomic mass is 9.95. The van der Waals surface area contributed by atoms with Crippen molar-refractivity contribution in [3.8, 4) is 0 Å². The van der Waals surface area contributed by atoms with E-state index < -0.39 is 0 Å². The summed E-state index contributed by atoms with van der Waals surface area (Å²) in [5.41, 5.74) is 4.53. The van der Waals surface area contributed by atoms with Crippen LogP contribution in [-0.2, 0) is 0 Å². The van der Waals surface area contributed by atoms with Crippen LogP contribution in [0.2, 0.25) is 0 Å². The van der Waals surface area contributed by atoms with E-state index in [0.29, 0.717) is 17.4 Å². The number of dihydropyridines is 1. The molecule has 0 spiro atoms.